The molecule has 2 unspecified atom stereocenters. The Morgan fingerprint density at radius 3 is 2.44 bits per heavy atom. The van der Waals surface area contributed by atoms with Gasteiger partial charge in [0.05, 0.1) is 5.69 Å². The second-order valence-electron chi connectivity index (χ2n) is 6.61. The Hall–Kier alpha value is -2.71. The Kier molecular flexibility index (Phi) is 3.78. The van der Waals surface area contributed by atoms with E-state index in [1.165, 1.54) is 12.4 Å². The van der Waals surface area contributed by atoms with Crippen LogP contribution in [0.25, 0.3) is 0 Å². The number of hydrogen-bond acceptors (Lipinski definition) is 6. The maximum atomic E-state index is 14.5. The quantitative estimate of drug-likeness (QED) is 0.820. The van der Waals surface area contributed by atoms with Gasteiger partial charge in [0.2, 0.25) is 0 Å². The number of aryl methyl sites for hydroxylation is 1. The lowest BCUT2D eigenvalue weighted by Gasteiger charge is -2.23. The van der Waals surface area contributed by atoms with Crippen molar-refractivity contribution in [1.82, 2.24) is 19.9 Å². The summed E-state index contributed by atoms with van der Waals surface area (Å²) in [5, 5.41) is 0. The molecule has 0 amide bonds. The van der Waals surface area contributed by atoms with Gasteiger partial charge in [0.25, 0.3) is 5.56 Å². The normalized spacial score (nSPS) is 22.5. The number of nitrogens with zero attached hydrogens (tertiary/aromatic N) is 4. The summed E-state index contributed by atoms with van der Waals surface area (Å²) in [5.74, 6) is 1.25. The fraction of sp³-hybridized carbons (Fsp3) is 0.500. The van der Waals surface area contributed by atoms with Crippen molar-refractivity contribution in [3.8, 4) is 0 Å². The molecule has 8 nitrogen and oxygen atoms in total. The lowest BCUT2D eigenvalue weighted by molar-refractivity contribution is 0.533. The van der Waals surface area contributed by atoms with E-state index in [4.69, 9.17) is 0 Å². The molecule has 2 atom stereocenters. The molecular formula is C16H19FN6O2. The summed E-state index contributed by atoms with van der Waals surface area (Å²) >= 11 is 0. The van der Waals surface area contributed by atoms with Crippen molar-refractivity contribution < 1.29 is 4.39 Å². The molecule has 0 aromatic carbocycles. The van der Waals surface area contributed by atoms with Crippen LogP contribution in [0.2, 0.25) is 0 Å². The maximum absolute atomic E-state index is 14.5. The number of aromatic amines is 2. The summed E-state index contributed by atoms with van der Waals surface area (Å²) in [5.41, 5.74) is -0.478. The highest BCUT2D eigenvalue weighted by Gasteiger charge is 2.41. The van der Waals surface area contributed by atoms with Gasteiger partial charge in [0.1, 0.15) is 12.1 Å². The molecule has 0 saturated carbocycles. The molecule has 0 aliphatic carbocycles. The number of rotatable bonds is 3. The van der Waals surface area contributed by atoms with Crippen LogP contribution < -0.4 is 21.0 Å². The average molecular weight is 346 g/mol. The van der Waals surface area contributed by atoms with Crippen LogP contribution in [-0.4, -0.2) is 46.1 Å². The Balaban J connectivity index is 1.51. The minimum atomic E-state index is -0.503. The number of anilines is 2. The first-order valence-electron chi connectivity index (χ1n) is 8.38. The fourth-order valence-corrected chi connectivity index (χ4v) is 3.85. The number of fused-ring (bicyclic) bond motifs is 1. The van der Waals surface area contributed by atoms with E-state index >= 15 is 0 Å². The van der Waals surface area contributed by atoms with Crippen LogP contribution >= 0.6 is 0 Å². The van der Waals surface area contributed by atoms with E-state index in [1.807, 2.05) is 16.7 Å². The van der Waals surface area contributed by atoms with E-state index in [0.29, 0.717) is 61.8 Å². The van der Waals surface area contributed by atoms with Gasteiger partial charge in [-0.25, -0.2) is 19.2 Å². The summed E-state index contributed by atoms with van der Waals surface area (Å²) in [7, 11) is 0. The second-order valence-corrected chi connectivity index (χ2v) is 6.61. The lowest BCUT2D eigenvalue weighted by Crippen LogP contribution is -2.33. The van der Waals surface area contributed by atoms with Crippen LogP contribution in [0, 0.1) is 17.7 Å². The maximum Gasteiger partial charge on any atom is 0.327 e. The molecule has 25 heavy (non-hydrogen) atoms. The topological polar surface area (TPSA) is 98.0 Å². The highest BCUT2D eigenvalue weighted by molar-refractivity contribution is 5.45. The van der Waals surface area contributed by atoms with Crippen LogP contribution in [0.3, 0.4) is 0 Å². The third-order valence-corrected chi connectivity index (χ3v) is 5.05. The molecule has 2 aliphatic heterocycles. The van der Waals surface area contributed by atoms with Crippen molar-refractivity contribution in [2.24, 2.45) is 11.8 Å². The molecule has 0 radical (unpaired) electrons. The number of H-pyrrole nitrogens is 2. The predicted molar refractivity (Wildman–Crippen MR) is 90.5 cm³/mol. The Morgan fingerprint density at radius 2 is 1.80 bits per heavy atom. The molecule has 4 heterocycles. The first-order chi connectivity index (χ1) is 12.0. The van der Waals surface area contributed by atoms with Crippen molar-refractivity contribution in [2.75, 3.05) is 36.0 Å². The second kappa shape index (κ2) is 5.98. The van der Waals surface area contributed by atoms with Gasteiger partial charge in [0, 0.05) is 44.1 Å². The van der Waals surface area contributed by atoms with Crippen molar-refractivity contribution >= 4 is 11.6 Å². The summed E-state index contributed by atoms with van der Waals surface area (Å²) in [6.45, 7) is 4.70. The van der Waals surface area contributed by atoms with Gasteiger partial charge in [-0.1, -0.05) is 6.92 Å². The van der Waals surface area contributed by atoms with Gasteiger partial charge in [-0.05, 0) is 6.42 Å². The van der Waals surface area contributed by atoms with Crippen LogP contribution in [-0.2, 0) is 6.42 Å². The smallest absolute Gasteiger partial charge is 0.327 e. The number of nitrogens with one attached hydrogen (secondary N) is 2. The summed E-state index contributed by atoms with van der Waals surface area (Å²) in [6, 6.07) is 1.40. The number of hydrogen-bond donors (Lipinski definition) is 2. The fourth-order valence-electron chi connectivity index (χ4n) is 3.85. The van der Waals surface area contributed by atoms with Gasteiger partial charge in [0.15, 0.2) is 11.6 Å². The molecular weight excluding hydrogens is 327 g/mol. The van der Waals surface area contributed by atoms with Crippen LogP contribution in [0.5, 0.6) is 0 Å². The molecule has 2 aromatic heterocycles. The standard InChI is InChI=1S/C16H19FN6O2/c1-2-11-14(17)15(19-8-18-11)23-6-9-4-22(5-10(9)7-23)12-3-13(24)21-16(25)20-12/h3,8-10H,2,4-7H2,1H3,(H2,20,21,24,25). The Morgan fingerprint density at radius 1 is 1.12 bits per heavy atom. The molecule has 2 aromatic rings. The number of halogens is 1. The van der Waals surface area contributed by atoms with Crippen molar-refractivity contribution in [3.63, 3.8) is 0 Å². The zero-order chi connectivity index (χ0) is 17.6. The molecule has 2 aliphatic rings. The molecule has 2 saturated heterocycles. The largest absolute Gasteiger partial charge is 0.357 e. The monoisotopic (exact) mass is 346 g/mol. The first kappa shape index (κ1) is 15.8. The van der Waals surface area contributed by atoms with Crippen molar-refractivity contribution in [1.29, 1.82) is 0 Å². The van der Waals surface area contributed by atoms with E-state index in [2.05, 4.69) is 19.9 Å². The van der Waals surface area contributed by atoms with E-state index in [9.17, 15) is 14.0 Å². The zero-order valence-corrected chi connectivity index (χ0v) is 13.8. The minimum Gasteiger partial charge on any atom is -0.357 e. The van der Waals surface area contributed by atoms with E-state index < -0.39 is 11.2 Å². The van der Waals surface area contributed by atoms with Crippen molar-refractivity contribution in [2.45, 2.75) is 13.3 Å². The van der Waals surface area contributed by atoms with Gasteiger partial charge < -0.3 is 9.80 Å². The molecule has 2 fully saturated rings. The third kappa shape index (κ3) is 2.79. The zero-order valence-electron chi connectivity index (χ0n) is 13.8. The highest BCUT2D eigenvalue weighted by Crippen LogP contribution is 2.35. The van der Waals surface area contributed by atoms with E-state index in [1.54, 1.807) is 0 Å². The van der Waals surface area contributed by atoms with E-state index in [-0.39, 0.29) is 5.82 Å². The molecule has 4 rings (SSSR count). The highest BCUT2D eigenvalue weighted by atomic mass is 19.1. The summed E-state index contributed by atoms with van der Waals surface area (Å²) in [4.78, 5) is 39.9. The van der Waals surface area contributed by atoms with Gasteiger partial charge in [-0.15, -0.1) is 0 Å². The summed E-state index contributed by atoms with van der Waals surface area (Å²) in [6.07, 6.45) is 1.95. The first-order valence-corrected chi connectivity index (χ1v) is 8.38. The van der Waals surface area contributed by atoms with Crippen LogP contribution in [0.4, 0.5) is 16.0 Å². The summed E-state index contributed by atoms with van der Waals surface area (Å²) < 4.78 is 14.5. The molecule has 0 bridgehead atoms. The molecule has 0 spiro atoms. The minimum absolute atomic E-state index is 0.333. The molecule has 9 heteroatoms. The predicted octanol–water partition coefficient (Wildman–Crippen LogP) is 0.127. The van der Waals surface area contributed by atoms with Crippen LogP contribution in [0.15, 0.2) is 22.0 Å². The van der Waals surface area contributed by atoms with Crippen LogP contribution in [0.1, 0.15) is 12.6 Å². The van der Waals surface area contributed by atoms with Gasteiger partial charge in [-0.2, -0.15) is 0 Å². The van der Waals surface area contributed by atoms with E-state index in [0.717, 1.165) is 0 Å². The SMILES string of the molecule is CCc1ncnc(N2CC3CN(c4cc(=O)[nH]c(=O)[nH]4)CC3C2)c1F. The number of aromatic nitrogens is 4. The van der Waals surface area contributed by atoms with Gasteiger partial charge >= 0.3 is 5.69 Å². The van der Waals surface area contributed by atoms with Crippen molar-refractivity contribution in [3.05, 3.63) is 44.7 Å². The van der Waals surface area contributed by atoms with Gasteiger partial charge in [-0.3, -0.25) is 14.8 Å². The molecule has 132 valence electrons. The third-order valence-electron chi connectivity index (χ3n) is 5.05. The Labute approximate surface area is 142 Å². The lowest BCUT2D eigenvalue weighted by atomic mass is 10.0. The average Bonchev–Trinajstić information content (AvgIpc) is 3.13. The molecule has 2 N–H and O–H groups in total. The Bertz CT molecular complexity index is 868.